The van der Waals surface area contributed by atoms with Crippen LogP contribution in [0.5, 0.6) is 5.75 Å². The van der Waals surface area contributed by atoms with E-state index in [-0.39, 0.29) is 18.1 Å². The molecule has 114 valence electrons. The van der Waals surface area contributed by atoms with E-state index in [0.29, 0.717) is 17.3 Å². The van der Waals surface area contributed by atoms with E-state index in [0.717, 1.165) is 24.8 Å². The lowest BCUT2D eigenvalue weighted by Gasteiger charge is -2.40. The molecule has 0 aromatic heterocycles. The second-order valence-corrected chi connectivity index (χ2v) is 5.63. The van der Waals surface area contributed by atoms with E-state index in [2.05, 4.69) is 5.32 Å². The number of hydrogen-bond donors (Lipinski definition) is 2. The molecule has 1 aliphatic carbocycles. The van der Waals surface area contributed by atoms with Gasteiger partial charge in [-0.1, -0.05) is 12.2 Å². The number of benzene rings is 1. The minimum absolute atomic E-state index is 0.0216. The van der Waals surface area contributed by atoms with Crippen LogP contribution in [0.3, 0.4) is 0 Å². The maximum Gasteiger partial charge on any atom is 0.258 e. The fourth-order valence-corrected chi connectivity index (χ4v) is 2.34. The number of carbonyl (C=O) groups excluding carboxylic acids is 1. The van der Waals surface area contributed by atoms with Gasteiger partial charge in [0.05, 0.1) is 5.60 Å². The van der Waals surface area contributed by atoms with Crippen molar-refractivity contribution >= 4 is 23.1 Å². The van der Waals surface area contributed by atoms with Gasteiger partial charge in [0.1, 0.15) is 10.7 Å². The van der Waals surface area contributed by atoms with E-state index in [1.54, 1.807) is 31.4 Å². The molecule has 0 aliphatic heterocycles. The third-order valence-electron chi connectivity index (χ3n) is 3.81. The lowest BCUT2D eigenvalue weighted by atomic mass is 9.80. The van der Waals surface area contributed by atoms with E-state index in [1.807, 2.05) is 0 Å². The molecule has 1 aliphatic rings. The van der Waals surface area contributed by atoms with Crippen LogP contribution in [0, 0.1) is 0 Å². The fraction of sp³-hybridized carbons (Fsp3) is 0.467. The molecule has 5 nitrogen and oxygen atoms in total. The Kier molecular flexibility index (Phi) is 5.14. The van der Waals surface area contributed by atoms with Gasteiger partial charge in [-0.25, -0.2) is 0 Å². The zero-order valence-corrected chi connectivity index (χ0v) is 12.9. The minimum Gasteiger partial charge on any atom is -0.484 e. The first-order chi connectivity index (χ1) is 10.0. The van der Waals surface area contributed by atoms with E-state index >= 15 is 0 Å². The highest BCUT2D eigenvalue weighted by atomic mass is 32.1. The number of nitrogens with two attached hydrogens (primary N) is 1. The van der Waals surface area contributed by atoms with Gasteiger partial charge in [0.2, 0.25) is 0 Å². The molecule has 2 rings (SSSR count). The molecule has 0 unspecified atom stereocenters. The number of carbonyl (C=O) groups is 1. The first-order valence-electron chi connectivity index (χ1n) is 6.89. The number of nitrogens with one attached hydrogen (secondary N) is 1. The van der Waals surface area contributed by atoms with Crippen LogP contribution in [0.2, 0.25) is 0 Å². The Morgan fingerprint density at radius 1 is 1.38 bits per heavy atom. The van der Waals surface area contributed by atoms with Crippen LogP contribution >= 0.6 is 12.2 Å². The van der Waals surface area contributed by atoms with Gasteiger partial charge < -0.3 is 20.5 Å². The van der Waals surface area contributed by atoms with Crippen LogP contribution in [0.4, 0.5) is 0 Å². The van der Waals surface area contributed by atoms with E-state index in [1.165, 1.54) is 0 Å². The second kappa shape index (κ2) is 6.87. The SMILES string of the molecule is COC1(CNC(=O)COc2ccc(C(N)=S)cc2)CCC1. The third-order valence-corrected chi connectivity index (χ3v) is 4.05. The molecule has 0 saturated heterocycles. The van der Waals surface area contributed by atoms with Gasteiger partial charge in [0, 0.05) is 19.2 Å². The predicted octanol–water partition coefficient (Wildman–Crippen LogP) is 1.38. The Morgan fingerprint density at radius 3 is 2.52 bits per heavy atom. The first kappa shape index (κ1) is 15.7. The second-order valence-electron chi connectivity index (χ2n) is 5.19. The van der Waals surface area contributed by atoms with Crippen molar-refractivity contribution in [3.05, 3.63) is 29.8 Å². The predicted molar refractivity (Wildman–Crippen MR) is 84.4 cm³/mol. The van der Waals surface area contributed by atoms with Gasteiger partial charge in [-0.15, -0.1) is 0 Å². The number of rotatable bonds is 7. The summed E-state index contributed by atoms with van der Waals surface area (Å²) < 4.78 is 10.9. The molecular weight excluding hydrogens is 288 g/mol. The van der Waals surface area contributed by atoms with Crippen molar-refractivity contribution < 1.29 is 14.3 Å². The molecular formula is C15H20N2O3S. The topological polar surface area (TPSA) is 73.6 Å². The van der Waals surface area contributed by atoms with E-state index < -0.39 is 0 Å². The Balaban J connectivity index is 1.74. The Hall–Kier alpha value is -1.66. The summed E-state index contributed by atoms with van der Waals surface area (Å²) in [5.74, 6) is 0.451. The number of hydrogen-bond acceptors (Lipinski definition) is 4. The number of methoxy groups -OCH3 is 1. The smallest absolute Gasteiger partial charge is 0.258 e. The summed E-state index contributed by atoms with van der Waals surface area (Å²) in [7, 11) is 1.69. The largest absolute Gasteiger partial charge is 0.484 e. The van der Waals surface area contributed by atoms with Gasteiger partial charge in [0.15, 0.2) is 6.61 Å². The summed E-state index contributed by atoms with van der Waals surface area (Å²) in [5.41, 5.74) is 6.11. The Labute approximate surface area is 129 Å². The van der Waals surface area contributed by atoms with Crippen molar-refractivity contribution in [1.29, 1.82) is 0 Å². The first-order valence-corrected chi connectivity index (χ1v) is 7.30. The maximum atomic E-state index is 11.8. The normalized spacial score (nSPS) is 15.9. The van der Waals surface area contributed by atoms with Gasteiger partial charge in [-0.3, -0.25) is 4.79 Å². The molecule has 1 aromatic rings. The number of ether oxygens (including phenoxy) is 2. The van der Waals surface area contributed by atoms with Crippen molar-refractivity contribution in [2.24, 2.45) is 5.73 Å². The van der Waals surface area contributed by atoms with Gasteiger partial charge in [0.25, 0.3) is 5.91 Å². The monoisotopic (exact) mass is 308 g/mol. The summed E-state index contributed by atoms with van der Waals surface area (Å²) in [4.78, 5) is 12.1. The lowest BCUT2D eigenvalue weighted by molar-refractivity contribution is -0.126. The third kappa shape index (κ3) is 4.15. The summed E-state index contributed by atoms with van der Waals surface area (Å²) in [6, 6.07) is 7.02. The van der Waals surface area contributed by atoms with Crippen LogP contribution in [0.25, 0.3) is 0 Å². The summed E-state index contributed by atoms with van der Waals surface area (Å²) in [6.45, 7) is 0.512. The summed E-state index contributed by atoms with van der Waals surface area (Å²) in [5, 5.41) is 2.85. The average Bonchev–Trinajstić information content (AvgIpc) is 2.45. The van der Waals surface area contributed by atoms with Crippen molar-refractivity contribution in [2.75, 3.05) is 20.3 Å². The highest BCUT2D eigenvalue weighted by Crippen LogP contribution is 2.34. The Morgan fingerprint density at radius 2 is 2.05 bits per heavy atom. The molecule has 0 atom stereocenters. The molecule has 0 bridgehead atoms. The molecule has 21 heavy (non-hydrogen) atoms. The average molecular weight is 308 g/mol. The summed E-state index contributed by atoms with van der Waals surface area (Å²) >= 11 is 4.87. The fourth-order valence-electron chi connectivity index (χ4n) is 2.20. The van der Waals surface area contributed by atoms with E-state index in [4.69, 9.17) is 27.4 Å². The van der Waals surface area contributed by atoms with Gasteiger partial charge in [-0.05, 0) is 43.5 Å². The molecule has 0 radical (unpaired) electrons. The van der Waals surface area contributed by atoms with Gasteiger partial charge >= 0.3 is 0 Å². The molecule has 1 saturated carbocycles. The van der Waals surface area contributed by atoms with Crippen LogP contribution in [-0.4, -0.2) is 36.8 Å². The maximum absolute atomic E-state index is 11.8. The minimum atomic E-state index is -0.172. The number of thiocarbonyl (C=S) groups is 1. The van der Waals surface area contributed by atoms with E-state index in [9.17, 15) is 4.79 Å². The van der Waals surface area contributed by atoms with Crippen molar-refractivity contribution in [3.63, 3.8) is 0 Å². The molecule has 0 heterocycles. The quantitative estimate of drug-likeness (QED) is 0.745. The van der Waals surface area contributed by atoms with Crippen LogP contribution in [0.1, 0.15) is 24.8 Å². The molecule has 1 fully saturated rings. The number of amides is 1. The standard InChI is InChI=1S/C15H20N2O3S/c1-19-15(7-2-8-15)10-17-13(18)9-20-12-5-3-11(4-6-12)14(16)21/h3-6H,2,7-10H2,1H3,(H2,16,21)(H,17,18). The molecule has 6 heteroatoms. The summed E-state index contributed by atoms with van der Waals surface area (Å²) in [6.07, 6.45) is 3.13. The van der Waals surface area contributed by atoms with Crippen LogP contribution < -0.4 is 15.8 Å². The molecule has 1 amide bonds. The van der Waals surface area contributed by atoms with Crippen LogP contribution in [0.15, 0.2) is 24.3 Å². The lowest BCUT2D eigenvalue weighted by Crippen LogP contribution is -2.50. The van der Waals surface area contributed by atoms with Crippen LogP contribution in [-0.2, 0) is 9.53 Å². The molecule has 1 aromatic carbocycles. The highest BCUT2D eigenvalue weighted by molar-refractivity contribution is 7.80. The van der Waals surface area contributed by atoms with Crippen molar-refractivity contribution in [2.45, 2.75) is 24.9 Å². The zero-order valence-electron chi connectivity index (χ0n) is 12.1. The van der Waals surface area contributed by atoms with Crippen molar-refractivity contribution in [1.82, 2.24) is 5.32 Å². The van der Waals surface area contributed by atoms with Crippen molar-refractivity contribution in [3.8, 4) is 5.75 Å². The molecule has 0 spiro atoms. The zero-order chi connectivity index (χ0) is 15.3. The Bertz CT molecular complexity index is 507. The highest BCUT2D eigenvalue weighted by Gasteiger charge is 2.37. The molecule has 3 N–H and O–H groups in total. The van der Waals surface area contributed by atoms with Gasteiger partial charge in [-0.2, -0.15) is 0 Å².